The molecule has 2 amide bonds. The van der Waals surface area contributed by atoms with Crippen molar-refractivity contribution < 1.29 is 28.4 Å². The van der Waals surface area contributed by atoms with Crippen LogP contribution in [0.15, 0.2) is 72.8 Å². The first-order valence-electron chi connectivity index (χ1n) is 11.1. The van der Waals surface area contributed by atoms with Gasteiger partial charge in [-0.15, -0.1) is 0 Å². The Balaban J connectivity index is 1.89. The largest absolute Gasteiger partial charge is 0.490 e. The number of nitro benzene ring substituents is 1. The number of amides is 2. The molecule has 1 unspecified atom stereocenters. The highest BCUT2D eigenvalue weighted by Gasteiger charge is 2.30. The zero-order chi connectivity index (χ0) is 26.1. The minimum atomic E-state index is -0.945. The Labute approximate surface area is 207 Å². The van der Waals surface area contributed by atoms with Gasteiger partial charge in [-0.3, -0.25) is 19.7 Å². The molecule has 0 aliphatic carbocycles. The molecule has 188 valence electrons. The minimum absolute atomic E-state index is 0.0273. The zero-order valence-corrected chi connectivity index (χ0v) is 19.8. The van der Waals surface area contributed by atoms with E-state index in [1.54, 1.807) is 12.1 Å². The topological polar surface area (TPSA) is 111 Å². The van der Waals surface area contributed by atoms with Gasteiger partial charge in [0.1, 0.15) is 17.6 Å². The van der Waals surface area contributed by atoms with Crippen LogP contribution < -0.4 is 14.8 Å². The van der Waals surface area contributed by atoms with Crippen LogP contribution in [-0.4, -0.2) is 48.4 Å². The number of rotatable bonds is 11. The van der Waals surface area contributed by atoms with Gasteiger partial charge in [-0.25, -0.2) is 4.39 Å². The molecular formula is C26H26FN3O6. The van der Waals surface area contributed by atoms with Crippen LogP contribution in [-0.2, 0) is 22.6 Å². The Hall–Kier alpha value is -4.47. The molecule has 10 heteroatoms. The van der Waals surface area contributed by atoms with Gasteiger partial charge in [0.2, 0.25) is 11.7 Å². The van der Waals surface area contributed by atoms with E-state index in [1.165, 1.54) is 49.4 Å². The summed E-state index contributed by atoms with van der Waals surface area (Å²) in [7, 11) is 2.75. The average molecular weight is 496 g/mol. The van der Waals surface area contributed by atoms with Crippen molar-refractivity contribution in [3.8, 4) is 11.5 Å². The number of halogens is 1. The summed E-state index contributed by atoms with van der Waals surface area (Å²) in [5.41, 5.74) is 0.808. The summed E-state index contributed by atoms with van der Waals surface area (Å²) in [6.07, 6.45) is 0.200. The quantitative estimate of drug-likeness (QED) is 0.322. The lowest BCUT2D eigenvalue weighted by molar-refractivity contribution is -0.385. The first kappa shape index (κ1) is 26.1. The Bertz CT molecular complexity index is 1220. The SMILES string of the molecule is CNC(=O)C(Cc1ccccc1)N(Cc1ccccc1F)C(=O)COc1ccc([N+](=O)[O-])c(OC)c1. The third kappa shape index (κ3) is 6.56. The van der Waals surface area contributed by atoms with Crippen molar-refractivity contribution in [3.05, 3.63) is 99.9 Å². The molecule has 1 atom stereocenters. The summed E-state index contributed by atoms with van der Waals surface area (Å²) < 4.78 is 25.1. The molecule has 1 N–H and O–H groups in total. The van der Waals surface area contributed by atoms with E-state index in [0.717, 1.165) is 5.56 Å². The Morgan fingerprint density at radius 1 is 1.08 bits per heavy atom. The van der Waals surface area contributed by atoms with Crippen molar-refractivity contribution in [2.24, 2.45) is 0 Å². The summed E-state index contributed by atoms with van der Waals surface area (Å²) in [5.74, 6) is -1.36. The number of carbonyl (C=O) groups is 2. The molecule has 0 aliphatic heterocycles. The summed E-state index contributed by atoms with van der Waals surface area (Å²) in [6, 6.07) is 18.1. The first-order chi connectivity index (χ1) is 17.3. The highest BCUT2D eigenvalue weighted by atomic mass is 19.1. The van der Waals surface area contributed by atoms with E-state index in [0.29, 0.717) is 0 Å². The van der Waals surface area contributed by atoms with Crippen molar-refractivity contribution in [2.75, 3.05) is 20.8 Å². The number of carbonyl (C=O) groups excluding carboxylic acids is 2. The number of ether oxygens (including phenoxy) is 2. The maximum atomic E-state index is 14.5. The summed E-state index contributed by atoms with van der Waals surface area (Å²) in [4.78, 5) is 38.0. The van der Waals surface area contributed by atoms with Gasteiger partial charge in [0.05, 0.1) is 12.0 Å². The predicted molar refractivity (Wildman–Crippen MR) is 130 cm³/mol. The van der Waals surface area contributed by atoms with E-state index >= 15 is 0 Å². The fraction of sp³-hybridized carbons (Fsp3) is 0.231. The van der Waals surface area contributed by atoms with Crippen LogP contribution in [0.1, 0.15) is 11.1 Å². The minimum Gasteiger partial charge on any atom is -0.490 e. The van der Waals surface area contributed by atoms with E-state index in [4.69, 9.17) is 9.47 Å². The van der Waals surface area contributed by atoms with Crippen LogP contribution in [0, 0.1) is 15.9 Å². The van der Waals surface area contributed by atoms with Gasteiger partial charge < -0.3 is 19.7 Å². The molecule has 0 radical (unpaired) electrons. The third-order valence-electron chi connectivity index (χ3n) is 5.53. The van der Waals surface area contributed by atoms with Gasteiger partial charge in [0, 0.05) is 37.7 Å². The average Bonchev–Trinajstić information content (AvgIpc) is 2.90. The van der Waals surface area contributed by atoms with Crippen LogP contribution in [0.25, 0.3) is 0 Å². The summed E-state index contributed by atoms with van der Waals surface area (Å²) in [5, 5.41) is 13.7. The van der Waals surface area contributed by atoms with Crippen LogP contribution in [0.5, 0.6) is 11.5 Å². The van der Waals surface area contributed by atoms with E-state index in [1.807, 2.05) is 30.3 Å². The van der Waals surface area contributed by atoms with Gasteiger partial charge in [0.25, 0.3) is 5.91 Å². The van der Waals surface area contributed by atoms with E-state index < -0.39 is 35.2 Å². The van der Waals surface area contributed by atoms with E-state index in [-0.39, 0.29) is 35.7 Å². The van der Waals surface area contributed by atoms with Crippen LogP contribution in [0.2, 0.25) is 0 Å². The molecule has 3 aromatic carbocycles. The Morgan fingerprint density at radius 2 is 1.78 bits per heavy atom. The fourth-order valence-electron chi connectivity index (χ4n) is 3.66. The lowest BCUT2D eigenvalue weighted by atomic mass is 10.0. The van der Waals surface area contributed by atoms with Crippen LogP contribution in [0.3, 0.4) is 0 Å². The number of hydrogen-bond donors (Lipinski definition) is 1. The standard InChI is InChI=1S/C26H26FN3O6/c1-28-26(32)23(14-18-8-4-3-5-9-18)29(16-19-10-6-7-11-21(19)27)25(31)17-36-20-12-13-22(30(33)34)24(15-20)35-2/h3-13,15,23H,14,16-17H2,1-2H3,(H,28,32). The van der Waals surface area contributed by atoms with Crippen molar-refractivity contribution >= 4 is 17.5 Å². The molecule has 9 nitrogen and oxygen atoms in total. The maximum absolute atomic E-state index is 14.5. The summed E-state index contributed by atoms with van der Waals surface area (Å²) >= 11 is 0. The highest BCUT2D eigenvalue weighted by Crippen LogP contribution is 2.30. The number of nitrogens with zero attached hydrogens (tertiary/aromatic N) is 2. The van der Waals surface area contributed by atoms with Gasteiger partial charge >= 0.3 is 5.69 Å². The number of nitrogens with one attached hydrogen (secondary N) is 1. The van der Waals surface area contributed by atoms with Gasteiger partial charge in [-0.1, -0.05) is 48.5 Å². The lowest BCUT2D eigenvalue weighted by Crippen LogP contribution is -2.51. The van der Waals surface area contributed by atoms with Gasteiger partial charge in [-0.2, -0.15) is 0 Å². The predicted octanol–water partition coefficient (Wildman–Crippen LogP) is 3.51. The Morgan fingerprint density at radius 3 is 2.42 bits per heavy atom. The second-order valence-electron chi connectivity index (χ2n) is 7.81. The second-order valence-corrected chi connectivity index (χ2v) is 7.81. The number of methoxy groups -OCH3 is 1. The molecule has 0 heterocycles. The molecule has 3 aromatic rings. The molecule has 0 bridgehead atoms. The number of nitro groups is 1. The number of hydrogen-bond acceptors (Lipinski definition) is 6. The molecule has 0 aromatic heterocycles. The molecular weight excluding hydrogens is 469 g/mol. The molecule has 0 saturated heterocycles. The van der Waals surface area contributed by atoms with E-state index in [2.05, 4.69) is 5.32 Å². The van der Waals surface area contributed by atoms with Gasteiger partial charge in [0.15, 0.2) is 6.61 Å². The van der Waals surface area contributed by atoms with Crippen molar-refractivity contribution in [1.29, 1.82) is 0 Å². The molecule has 0 fully saturated rings. The lowest BCUT2D eigenvalue weighted by Gasteiger charge is -2.31. The van der Waals surface area contributed by atoms with E-state index in [9.17, 15) is 24.1 Å². The molecule has 0 spiro atoms. The molecule has 36 heavy (non-hydrogen) atoms. The van der Waals surface area contributed by atoms with Crippen LogP contribution >= 0.6 is 0 Å². The monoisotopic (exact) mass is 495 g/mol. The van der Waals surface area contributed by atoms with Crippen molar-refractivity contribution in [3.63, 3.8) is 0 Å². The first-order valence-corrected chi connectivity index (χ1v) is 11.1. The zero-order valence-electron chi connectivity index (χ0n) is 19.8. The number of benzene rings is 3. The smallest absolute Gasteiger partial charge is 0.311 e. The molecule has 0 aliphatic rings. The third-order valence-corrected chi connectivity index (χ3v) is 5.53. The van der Waals surface area contributed by atoms with Crippen molar-refractivity contribution in [1.82, 2.24) is 10.2 Å². The van der Waals surface area contributed by atoms with Crippen molar-refractivity contribution in [2.45, 2.75) is 19.0 Å². The summed E-state index contributed by atoms with van der Waals surface area (Å²) in [6.45, 7) is -0.652. The Kier molecular flexibility index (Phi) is 8.93. The number of likely N-dealkylation sites (N-methyl/N-ethyl adjacent to an activating group) is 1. The van der Waals surface area contributed by atoms with Gasteiger partial charge in [-0.05, 0) is 17.7 Å². The highest BCUT2D eigenvalue weighted by molar-refractivity contribution is 5.88. The van der Waals surface area contributed by atoms with Crippen LogP contribution in [0.4, 0.5) is 10.1 Å². The fourth-order valence-corrected chi connectivity index (χ4v) is 3.66. The normalized spacial score (nSPS) is 11.3. The second kappa shape index (κ2) is 12.3. The molecule has 0 saturated carbocycles. The molecule has 3 rings (SSSR count). The maximum Gasteiger partial charge on any atom is 0.311 e.